The molecule has 0 spiro atoms. The van der Waals surface area contributed by atoms with Gasteiger partial charge in [-0.2, -0.15) is 18.4 Å². The summed E-state index contributed by atoms with van der Waals surface area (Å²) < 4.78 is 54.3. The number of rotatable bonds is 5. The van der Waals surface area contributed by atoms with Gasteiger partial charge < -0.3 is 15.2 Å². The Morgan fingerprint density at radius 1 is 1.18 bits per heavy atom. The van der Waals surface area contributed by atoms with E-state index in [1.54, 1.807) is 6.07 Å². The number of amides is 2. The molecule has 0 aliphatic rings. The van der Waals surface area contributed by atoms with Gasteiger partial charge in [0.05, 0.1) is 11.1 Å². The standard InChI is InChI=1S/C22H18F4N4O3/c1-6-21(4,22(24,25)26)29-20(33)18(31)16-11(2)17(30(5)12(16)3)19(32)28-14-7-8-15(23)13(9-14)10-27/h1,7-9H,2-5H3,(H,28,32)(H,29,33). The van der Waals surface area contributed by atoms with Crippen LogP contribution < -0.4 is 10.6 Å². The minimum absolute atomic E-state index is 0.0321. The van der Waals surface area contributed by atoms with Gasteiger partial charge in [-0.3, -0.25) is 14.4 Å². The van der Waals surface area contributed by atoms with Gasteiger partial charge in [-0.05, 0) is 44.5 Å². The average molecular weight is 462 g/mol. The average Bonchev–Trinajstić information content (AvgIpc) is 2.96. The smallest absolute Gasteiger partial charge is 0.343 e. The molecular formula is C22H18F4N4O3. The van der Waals surface area contributed by atoms with Gasteiger partial charge in [0, 0.05) is 18.4 Å². The highest BCUT2D eigenvalue weighted by molar-refractivity contribution is 6.44. The van der Waals surface area contributed by atoms with Crippen molar-refractivity contribution in [3.8, 4) is 18.4 Å². The molecule has 0 saturated carbocycles. The summed E-state index contributed by atoms with van der Waals surface area (Å²) in [7, 11) is 1.42. The van der Waals surface area contributed by atoms with Gasteiger partial charge >= 0.3 is 6.18 Å². The van der Waals surface area contributed by atoms with Gasteiger partial charge in [0.25, 0.3) is 17.6 Å². The quantitative estimate of drug-likeness (QED) is 0.308. The Morgan fingerprint density at radius 2 is 1.79 bits per heavy atom. The van der Waals surface area contributed by atoms with E-state index in [1.807, 2.05) is 0 Å². The number of nitrogens with zero attached hydrogens (tertiary/aromatic N) is 2. The summed E-state index contributed by atoms with van der Waals surface area (Å²) in [4.78, 5) is 37.8. The van der Waals surface area contributed by atoms with Gasteiger partial charge in [-0.25, -0.2) is 4.39 Å². The fraction of sp³-hybridized carbons (Fsp3) is 0.273. The number of hydrogen-bond acceptors (Lipinski definition) is 4. The molecule has 7 nitrogen and oxygen atoms in total. The summed E-state index contributed by atoms with van der Waals surface area (Å²) in [5, 5.41) is 12.9. The zero-order valence-electron chi connectivity index (χ0n) is 17.9. The third kappa shape index (κ3) is 4.58. The minimum atomic E-state index is -5.01. The number of anilines is 1. The lowest BCUT2D eigenvalue weighted by Crippen LogP contribution is -2.57. The lowest BCUT2D eigenvalue weighted by molar-refractivity contribution is -0.176. The lowest BCUT2D eigenvalue weighted by atomic mass is 10.0. The number of halogens is 4. The zero-order chi connectivity index (χ0) is 25.3. The van der Waals surface area contributed by atoms with E-state index < -0.39 is 35.1 Å². The summed E-state index contributed by atoms with van der Waals surface area (Å²) in [6, 6.07) is 4.94. The van der Waals surface area contributed by atoms with E-state index in [1.165, 1.54) is 42.8 Å². The summed E-state index contributed by atoms with van der Waals surface area (Å²) in [5.74, 6) is -3.00. The second-order valence-corrected chi connectivity index (χ2v) is 7.30. The van der Waals surface area contributed by atoms with Gasteiger partial charge in [0.1, 0.15) is 17.6 Å². The Labute approximate surface area is 186 Å². The van der Waals surface area contributed by atoms with Crippen LogP contribution in [0, 0.1) is 43.3 Å². The molecule has 0 aliphatic heterocycles. The molecule has 1 unspecified atom stereocenters. The van der Waals surface area contributed by atoms with E-state index in [4.69, 9.17) is 11.7 Å². The Balaban J connectivity index is 2.40. The number of carbonyl (C=O) groups excluding carboxylic acids is 3. The number of nitrogens with one attached hydrogen (secondary N) is 2. The summed E-state index contributed by atoms with van der Waals surface area (Å²) in [5.41, 5.74) is -3.44. The van der Waals surface area contributed by atoms with Crippen molar-refractivity contribution in [2.24, 2.45) is 7.05 Å². The van der Waals surface area contributed by atoms with Gasteiger partial charge in [-0.1, -0.05) is 5.92 Å². The Bertz CT molecular complexity index is 1250. The van der Waals surface area contributed by atoms with Crippen LogP contribution in [-0.2, 0) is 11.8 Å². The van der Waals surface area contributed by atoms with Crippen LogP contribution in [0.1, 0.15) is 44.6 Å². The van der Waals surface area contributed by atoms with E-state index in [9.17, 15) is 31.9 Å². The third-order valence-electron chi connectivity index (χ3n) is 5.14. The summed E-state index contributed by atoms with van der Waals surface area (Å²) in [6.07, 6.45) is -0.0982. The molecule has 1 atom stereocenters. The van der Waals surface area contributed by atoms with E-state index >= 15 is 0 Å². The predicted octanol–water partition coefficient (Wildman–Crippen LogP) is 3.16. The number of Topliss-reactive ketones (excluding diaryl/α,β-unsaturated/α-hetero) is 1. The molecule has 2 aromatic rings. The maximum Gasteiger partial charge on any atom is 0.422 e. The Morgan fingerprint density at radius 3 is 2.30 bits per heavy atom. The number of hydrogen-bond donors (Lipinski definition) is 2. The van der Waals surface area contributed by atoms with Gasteiger partial charge in [0.2, 0.25) is 0 Å². The summed E-state index contributed by atoms with van der Waals surface area (Å²) >= 11 is 0. The van der Waals surface area contributed by atoms with Crippen LogP contribution in [0.4, 0.5) is 23.2 Å². The van der Waals surface area contributed by atoms with Crippen LogP contribution in [-0.4, -0.2) is 33.9 Å². The Hall–Kier alpha value is -4.12. The van der Waals surface area contributed by atoms with Crippen molar-refractivity contribution in [2.75, 3.05) is 5.32 Å². The van der Waals surface area contributed by atoms with E-state index in [2.05, 4.69) is 5.32 Å². The molecular weight excluding hydrogens is 444 g/mol. The number of carbonyl (C=O) groups is 3. The van der Waals surface area contributed by atoms with Crippen LogP contribution in [0.2, 0.25) is 0 Å². The molecule has 1 aromatic carbocycles. The first kappa shape index (κ1) is 25.1. The van der Waals surface area contributed by atoms with Crippen LogP contribution >= 0.6 is 0 Å². The van der Waals surface area contributed by atoms with E-state index in [0.717, 1.165) is 12.1 Å². The molecule has 0 fully saturated rings. The molecule has 0 radical (unpaired) electrons. The van der Waals surface area contributed by atoms with Crippen molar-refractivity contribution in [2.45, 2.75) is 32.5 Å². The lowest BCUT2D eigenvalue weighted by Gasteiger charge is -2.27. The first-order chi connectivity index (χ1) is 15.2. The second kappa shape index (κ2) is 8.79. The Kier molecular flexibility index (Phi) is 6.70. The number of alkyl halides is 3. The number of terminal acetylenes is 1. The number of nitriles is 1. The van der Waals surface area contributed by atoms with Crippen molar-refractivity contribution in [3.63, 3.8) is 0 Å². The van der Waals surface area contributed by atoms with Crippen molar-refractivity contribution in [1.82, 2.24) is 9.88 Å². The molecule has 0 bridgehead atoms. The molecule has 2 amide bonds. The van der Waals surface area contributed by atoms with Crippen LogP contribution in [0.15, 0.2) is 18.2 Å². The molecule has 2 rings (SSSR count). The molecule has 2 N–H and O–H groups in total. The molecule has 33 heavy (non-hydrogen) atoms. The van der Waals surface area contributed by atoms with Crippen LogP contribution in [0.5, 0.6) is 0 Å². The number of aromatic nitrogens is 1. The third-order valence-corrected chi connectivity index (χ3v) is 5.14. The minimum Gasteiger partial charge on any atom is -0.343 e. The van der Waals surface area contributed by atoms with Crippen LogP contribution in [0.25, 0.3) is 0 Å². The SMILES string of the molecule is C#CC(C)(NC(=O)C(=O)c1c(C)c(C(=O)Nc2ccc(F)c(C#N)c2)n(C)c1C)C(F)(F)F. The van der Waals surface area contributed by atoms with Crippen molar-refractivity contribution in [1.29, 1.82) is 5.26 Å². The molecule has 0 saturated heterocycles. The molecule has 1 aromatic heterocycles. The first-order valence-corrected chi connectivity index (χ1v) is 9.26. The topological polar surface area (TPSA) is 104 Å². The largest absolute Gasteiger partial charge is 0.422 e. The predicted molar refractivity (Wildman–Crippen MR) is 110 cm³/mol. The van der Waals surface area contributed by atoms with Gasteiger partial charge in [0.15, 0.2) is 5.54 Å². The summed E-state index contributed by atoms with van der Waals surface area (Å²) in [6.45, 7) is 3.29. The van der Waals surface area contributed by atoms with Crippen molar-refractivity contribution < 1.29 is 31.9 Å². The molecule has 11 heteroatoms. The second-order valence-electron chi connectivity index (χ2n) is 7.30. The maximum absolute atomic E-state index is 13.5. The zero-order valence-corrected chi connectivity index (χ0v) is 17.9. The van der Waals surface area contributed by atoms with Crippen LogP contribution in [0.3, 0.4) is 0 Å². The highest BCUT2D eigenvalue weighted by atomic mass is 19.4. The van der Waals surface area contributed by atoms with Crippen molar-refractivity contribution in [3.05, 3.63) is 52.1 Å². The van der Waals surface area contributed by atoms with Crippen molar-refractivity contribution >= 4 is 23.3 Å². The highest BCUT2D eigenvalue weighted by Gasteiger charge is 2.52. The normalized spacial score (nSPS) is 12.8. The number of ketones is 1. The number of benzene rings is 1. The van der Waals surface area contributed by atoms with Gasteiger partial charge in [-0.15, -0.1) is 6.42 Å². The van der Waals surface area contributed by atoms with E-state index in [0.29, 0.717) is 6.92 Å². The molecule has 1 heterocycles. The fourth-order valence-corrected chi connectivity index (χ4v) is 3.10. The fourth-order valence-electron chi connectivity index (χ4n) is 3.10. The van der Waals surface area contributed by atoms with E-state index in [-0.39, 0.29) is 33.8 Å². The maximum atomic E-state index is 13.5. The monoisotopic (exact) mass is 462 g/mol. The first-order valence-electron chi connectivity index (χ1n) is 9.26. The molecule has 172 valence electrons. The molecule has 0 aliphatic carbocycles. The highest BCUT2D eigenvalue weighted by Crippen LogP contribution is 2.30.